The SMILES string of the molecule is CNC(Cc1ccc(C)c(OCCCOC)c1)C(C)C. The van der Waals surface area contributed by atoms with E-state index in [2.05, 4.69) is 44.3 Å². The molecule has 114 valence electrons. The Hall–Kier alpha value is -1.06. The van der Waals surface area contributed by atoms with Gasteiger partial charge in [0.25, 0.3) is 0 Å². The van der Waals surface area contributed by atoms with Crippen molar-refractivity contribution in [1.29, 1.82) is 0 Å². The Kier molecular flexibility index (Phi) is 7.63. The van der Waals surface area contributed by atoms with Crippen LogP contribution in [0.25, 0.3) is 0 Å². The average Bonchev–Trinajstić information content (AvgIpc) is 2.43. The summed E-state index contributed by atoms with van der Waals surface area (Å²) in [4.78, 5) is 0. The number of hydrogen-bond acceptors (Lipinski definition) is 3. The van der Waals surface area contributed by atoms with Crippen molar-refractivity contribution in [3.63, 3.8) is 0 Å². The Labute approximate surface area is 123 Å². The molecule has 3 heteroatoms. The lowest BCUT2D eigenvalue weighted by Gasteiger charge is -2.21. The normalized spacial score (nSPS) is 12.7. The summed E-state index contributed by atoms with van der Waals surface area (Å²) in [5, 5.41) is 3.39. The van der Waals surface area contributed by atoms with Gasteiger partial charge in [0.1, 0.15) is 5.75 Å². The van der Waals surface area contributed by atoms with E-state index in [-0.39, 0.29) is 0 Å². The van der Waals surface area contributed by atoms with Gasteiger partial charge in [-0.1, -0.05) is 26.0 Å². The van der Waals surface area contributed by atoms with Crippen LogP contribution < -0.4 is 10.1 Å². The molecule has 0 heterocycles. The fraction of sp³-hybridized carbons (Fsp3) is 0.647. The third-order valence-electron chi connectivity index (χ3n) is 3.63. The second-order valence-corrected chi connectivity index (χ2v) is 5.64. The van der Waals surface area contributed by atoms with Gasteiger partial charge in [-0.3, -0.25) is 0 Å². The van der Waals surface area contributed by atoms with Gasteiger partial charge in [-0.2, -0.15) is 0 Å². The van der Waals surface area contributed by atoms with Crippen LogP contribution in [-0.2, 0) is 11.2 Å². The van der Waals surface area contributed by atoms with E-state index in [9.17, 15) is 0 Å². The molecule has 0 aliphatic heterocycles. The summed E-state index contributed by atoms with van der Waals surface area (Å²) < 4.78 is 10.9. The van der Waals surface area contributed by atoms with E-state index in [0.717, 1.165) is 25.2 Å². The minimum atomic E-state index is 0.499. The van der Waals surface area contributed by atoms with Crippen LogP contribution in [0.15, 0.2) is 18.2 Å². The van der Waals surface area contributed by atoms with Crippen LogP contribution in [0.2, 0.25) is 0 Å². The number of aryl methyl sites for hydroxylation is 1. The summed E-state index contributed by atoms with van der Waals surface area (Å²) >= 11 is 0. The van der Waals surface area contributed by atoms with Gasteiger partial charge < -0.3 is 14.8 Å². The molecule has 0 bridgehead atoms. The number of likely N-dealkylation sites (N-methyl/N-ethyl adjacent to an activating group) is 1. The minimum Gasteiger partial charge on any atom is -0.493 e. The van der Waals surface area contributed by atoms with Crippen molar-refractivity contribution in [2.45, 2.75) is 39.7 Å². The fourth-order valence-electron chi connectivity index (χ4n) is 2.24. The van der Waals surface area contributed by atoms with Crippen LogP contribution in [0.5, 0.6) is 5.75 Å². The Morgan fingerprint density at radius 2 is 1.95 bits per heavy atom. The highest BCUT2D eigenvalue weighted by molar-refractivity contribution is 5.37. The van der Waals surface area contributed by atoms with Gasteiger partial charge in [-0.25, -0.2) is 0 Å². The molecule has 1 N–H and O–H groups in total. The number of rotatable bonds is 9. The van der Waals surface area contributed by atoms with Crippen molar-refractivity contribution in [1.82, 2.24) is 5.32 Å². The Morgan fingerprint density at radius 3 is 2.55 bits per heavy atom. The first kappa shape index (κ1) is 17.0. The zero-order valence-corrected chi connectivity index (χ0v) is 13.5. The van der Waals surface area contributed by atoms with Crippen molar-refractivity contribution >= 4 is 0 Å². The highest BCUT2D eigenvalue weighted by Crippen LogP contribution is 2.21. The molecule has 1 unspecified atom stereocenters. The smallest absolute Gasteiger partial charge is 0.122 e. The lowest BCUT2D eigenvalue weighted by Crippen LogP contribution is -2.32. The molecular weight excluding hydrogens is 250 g/mol. The van der Waals surface area contributed by atoms with Crippen LogP contribution >= 0.6 is 0 Å². The maximum Gasteiger partial charge on any atom is 0.122 e. The number of benzene rings is 1. The van der Waals surface area contributed by atoms with E-state index in [1.165, 1.54) is 11.1 Å². The molecule has 1 rings (SSSR count). The van der Waals surface area contributed by atoms with Crippen LogP contribution in [0.3, 0.4) is 0 Å². The molecule has 0 saturated heterocycles. The zero-order chi connectivity index (χ0) is 15.0. The molecule has 0 fully saturated rings. The molecule has 0 radical (unpaired) electrons. The van der Waals surface area contributed by atoms with Crippen LogP contribution in [0, 0.1) is 12.8 Å². The topological polar surface area (TPSA) is 30.5 Å². The zero-order valence-electron chi connectivity index (χ0n) is 13.5. The second-order valence-electron chi connectivity index (χ2n) is 5.64. The lowest BCUT2D eigenvalue weighted by atomic mass is 9.96. The van der Waals surface area contributed by atoms with Gasteiger partial charge in [0.2, 0.25) is 0 Å². The molecule has 0 aliphatic rings. The molecule has 0 aliphatic carbocycles. The van der Waals surface area contributed by atoms with Crippen molar-refractivity contribution < 1.29 is 9.47 Å². The van der Waals surface area contributed by atoms with Gasteiger partial charge >= 0.3 is 0 Å². The van der Waals surface area contributed by atoms with Gasteiger partial charge in [-0.05, 0) is 43.5 Å². The van der Waals surface area contributed by atoms with Crippen molar-refractivity contribution in [2.24, 2.45) is 5.92 Å². The molecule has 1 aromatic carbocycles. The molecule has 0 aromatic heterocycles. The fourth-order valence-corrected chi connectivity index (χ4v) is 2.24. The van der Waals surface area contributed by atoms with Crippen LogP contribution in [-0.4, -0.2) is 33.4 Å². The van der Waals surface area contributed by atoms with Gasteiger partial charge in [0, 0.05) is 26.2 Å². The number of ether oxygens (including phenoxy) is 2. The van der Waals surface area contributed by atoms with Crippen molar-refractivity contribution in [2.75, 3.05) is 27.4 Å². The maximum atomic E-state index is 5.85. The number of nitrogens with one attached hydrogen (secondary N) is 1. The highest BCUT2D eigenvalue weighted by Gasteiger charge is 2.12. The first-order valence-electron chi connectivity index (χ1n) is 7.47. The number of methoxy groups -OCH3 is 1. The van der Waals surface area contributed by atoms with Crippen LogP contribution in [0.4, 0.5) is 0 Å². The molecule has 1 aromatic rings. The van der Waals surface area contributed by atoms with Gasteiger partial charge in [0.05, 0.1) is 6.61 Å². The van der Waals surface area contributed by atoms with E-state index < -0.39 is 0 Å². The van der Waals surface area contributed by atoms with E-state index in [4.69, 9.17) is 9.47 Å². The molecule has 1 atom stereocenters. The molecule has 3 nitrogen and oxygen atoms in total. The molecule has 20 heavy (non-hydrogen) atoms. The van der Waals surface area contributed by atoms with Crippen LogP contribution in [0.1, 0.15) is 31.4 Å². The van der Waals surface area contributed by atoms with E-state index in [1.807, 2.05) is 7.05 Å². The molecule has 0 saturated carbocycles. The second kappa shape index (κ2) is 8.98. The Bertz CT molecular complexity index is 391. The molecule has 0 amide bonds. The highest BCUT2D eigenvalue weighted by atomic mass is 16.5. The summed E-state index contributed by atoms with van der Waals surface area (Å²) in [7, 11) is 3.75. The number of hydrogen-bond donors (Lipinski definition) is 1. The predicted molar refractivity (Wildman–Crippen MR) is 84.6 cm³/mol. The summed E-state index contributed by atoms with van der Waals surface area (Å²) in [6.45, 7) is 8.04. The summed E-state index contributed by atoms with van der Waals surface area (Å²) in [5.41, 5.74) is 2.52. The van der Waals surface area contributed by atoms with E-state index in [1.54, 1.807) is 7.11 Å². The third kappa shape index (κ3) is 5.51. The van der Waals surface area contributed by atoms with Gasteiger partial charge in [0.15, 0.2) is 0 Å². The maximum absolute atomic E-state index is 5.85. The van der Waals surface area contributed by atoms with Gasteiger partial charge in [-0.15, -0.1) is 0 Å². The Morgan fingerprint density at radius 1 is 1.20 bits per heavy atom. The molecule has 0 spiro atoms. The summed E-state index contributed by atoms with van der Waals surface area (Å²) in [6, 6.07) is 7.02. The Balaban J connectivity index is 2.65. The van der Waals surface area contributed by atoms with E-state index >= 15 is 0 Å². The lowest BCUT2D eigenvalue weighted by molar-refractivity contribution is 0.172. The monoisotopic (exact) mass is 279 g/mol. The molecular formula is C17H29NO2. The third-order valence-corrected chi connectivity index (χ3v) is 3.63. The summed E-state index contributed by atoms with van der Waals surface area (Å²) in [5.74, 6) is 1.62. The van der Waals surface area contributed by atoms with E-state index in [0.29, 0.717) is 18.6 Å². The van der Waals surface area contributed by atoms with Crippen molar-refractivity contribution in [3.05, 3.63) is 29.3 Å². The quantitative estimate of drug-likeness (QED) is 0.704. The minimum absolute atomic E-state index is 0.499. The first-order chi connectivity index (χ1) is 9.58. The van der Waals surface area contributed by atoms with Crippen molar-refractivity contribution in [3.8, 4) is 5.75 Å². The summed E-state index contributed by atoms with van der Waals surface area (Å²) in [6.07, 6.45) is 1.95. The largest absolute Gasteiger partial charge is 0.493 e. The standard InChI is InChI=1S/C17H29NO2/c1-13(2)16(18-4)11-15-8-7-14(3)17(12-15)20-10-6-9-19-5/h7-8,12-13,16,18H,6,9-11H2,1-5H3. The predicted octanol–water partition coefficient (Wildman–Crippen LogP) is 3.20. The average molecular weight is 279 g/mol. The first-order valence-corrected chi connectivity index (χ1v) is 7.47.